The molecule has 0 saturated carbocycles. The fourth-order valence-electron chi connectivity index (χ4n) is 1.43. The summed E-state index contributed by atoms with van der Waals surface area (Å²) in [5.41, 5.74) is 1.06. The zero-order valence-electron chi connectivity index (χ0n) is 8.91. The molecule has 0 atom stereocenters. The Kier molecular flexibility index (Phi) is 4.45. The number of rotatable bonds is 4. The molecule has 0 unspecified atom stereocenters. The molecule has 2 rings (SSSR count). The van der Waals surface area contributed by atoms with Crippen LogP contribution in [0.4, 0.5) is 0 Å². The van der Waals surface area contributed by atoms with E-state index in [0.29, 0.717) is 5.02 Å². The van der Waals surface area contributed by atoms with E-state index in [4.69, 9.17) is 11.6 Å². The van der Waals surface area contributed by atoms with Crippen LogP contribution in [0, 0.1) is 0 Å². The molecule has 5 heteroatoms. The topological polar surface area (TPSA) is 32.3 Å². The van der Waals surface area contributed by atoms with Gasteiger partial charge >= 0.3 is 0 Å². The molecule has 0 amide bonds. The molecule has 2 nitrogen and oxygen atoms in total. The minimum atomic E-state index is 0.122. The summed E-state index contributed by atoms with van der Waals surface area (Å²) in [6, 6.07) is 7.28. The van der Waals surface area contributed by atoms with E-state index >= 15 is 0 Å². The Morgan fingerprint density at radius 2 is 2.12 bits per heavy atom. The van der Waals surface area contributed by atoms with E-state index in [1.54, 1.807) is 23.5 Å². The third-order valence-corrected chi connectivity index (χ3v) is 4.55. The minimum absolute atomic E-state index is 0.122. The largest absolute Gasteiger partial charge is 0.506 e. The van der Waals surface area contributed by atoms with Crippen molar-refractivity contribution in [3.05, 3.63) is 49.6 Å². The maximum absolute atomic E-state index is 9.30. The first-order valence-corrected chi connectivity index (χ1v) is 7.12. The maximum Gasteiger partial charge on any atom is 0.134 e. The van der Waals surface area contributed by atoms with Crippen LogP contribution in [0.5, 0.6) is 5.75 Å². The average Bonchev–Trinajstić information content (AvgIpc) is 2.70. The molecule has 90 valence electrons. The van der Waals surface area contributed by atoms with E-state index in [2.05, 4.69) is 26.6 Å². The van der Waals surface area contributed by atoms with Gasteiger partial charge in [-0.25, -0.2) is 0 Å². The first kappa shape index (κ1) is 12.9. The third kappa shape index (κ3) is 3.45. The second kappa shape index (κ2) is 5.87. The lowest BCUT2D eigenvalue weighted by Gasteiger charge is -2.05. The Labute approximate surface area is 117 Å². The summed E-state index contributed by atoms with van der Waals surface area (Å²) in [7, 11) is 0. The van der Waals surface area contributed by atoms with Crippen molar-refractivity contribution in [2.45, 2.75) is 13.1 Å². The second-order valence-electron chi connectivity index (χ2n) is 3.58. The van der Waals surface area contributed by atoms with Gasteiger partial charge in [0.15, 0.2) is 0 Å². The minimum Gasteiger partial charge on any atom is -0.506 e. The van der Waals surface area contributed by atoms with Crippen molar-refractivity contribution in [3.63, 3.8) is 0 Å². The Morgan fingerprint density at radius 3 is 2.76 bits per heavy atom. The summed E-state index contributed by atoms with van der Waals surface area (Å²) in [5, 5.41) is 15.1. The summed E-state index contributed by atoms with van der Waals surface area (Å²) in [6.45, 7) is 1.54. The van der Waals surface area contributed by atoms with Crippen molar-refractivity contribution in [2.24, 2.45) is 0 Å². The van der Waals surface area contributed by atoms with E-state index < -0.39 is 0 Å². The number of phenols is 1. The molecule has 0 aliphatic carbocycles. The quantitative estimate of drug-likeness (QED) is 0.881. The predicted octanol–water partition coefficient (Wildman–Crippen LogP) is 4.16. The highest BCUT2D eigenvalue weighted by Gasteiger charge is 2.02. The number of halogens is 2. The molecular formula is C12H11BrClNOS. The van der Waals surface area contributed by atoms with Gasteiger partial charge in [-0.05, 0) is 45.1 Å². The Morgan fingerprint density at radius 1 is 1.29 bits per heavy atom. The lowest BCUT2D eigenvalue weighted by atomic mass is 10.2. The number of phenolic OH excluding ortho intramolecular Hbond substituents is 1. The van der Waals surface area contributed by atoms with Gasteiger partial charge in [-0.3, -0.25) is 0 Å². The number of hydrogen-bond donors (Lipinski definition) is 2. The maximum atomic E-state index is 9.30. The van der Waals surface area contributed by atoms with E-state index in [-0.39, 0.29) is 5.75 Å². The van der Waals surface area contributed by atoms with Crippen molar-refractivity contribution in [3.8, 4) is 5.75 Å². The normalized spacial score (nSPS) is 10.7. The smallest absolute Gasteiger partial charge is 0.134 e. The predicted molar refractivity (Wildman–Crippen MR) is 75.7 cm³/mol. The standard InChI is InChI=1S/C12H11BrClNOS/c13-9-3-4-17-12(9)7-15-6-8-1-2-11(16)10(14)5-8/h1-5,15-16H,6-7H2. The van der Waals surface area contributed by atoms with Crippen LogP contribution < -0.4 is 5.32 Å². The van der Waals surface area contributed by atoms with Gasteiger partial charge in [0.2, 0.25) is 0 Å². The lowest BCUT2D eigenvalue weighted by molar-refractivity contribution is 0.475. The van der Waals surface area contributed by atoms with Gasteiger partial charge in [0, 0.05) is 22.4 Å². The Hall–Kier alpha value is -0.550. The molecule has 0 bridgehead atoms. The van der Waals surface area contributed by atoms with Crippen LogP contribution in [0.3, 0.4) is 0 Å². The molecule has 1 aromatic heterocycles. The zero-order chi connectivity index (χ0) is 12.3. The van der Waals surface area contributed by atoms with Crippen LogP contribution >= 0.6 is 38.9 Å². The van der Waals surface area contributed by atoms with Crippen LogP contribution in [0.25, 0.3) is 0 Å². The summed E-state index contributed by atoms with van der Waals surface area (Å²) < 4.78 is 1.14. The number of nitrogens with one attached hydrogen (secondary N) is 1. The highest BCUT2D eigenvalue weighted by molar-refractivity contribution is 9.10. The number of thiophene rings is 1. The lowest BCUT2D eigenvalue weighted by Crippen LogP contribution is -2.11. The van der Waals surface area contributed by atoms with Crippen molar-refractivity contribution < 1.29 is 5.11 Å². The van der Waals surface area contributed by atoms with Gasteiger partial charge in [-0.1, -0.05) is 17.7 Å². The van der Waals surface area contributed by atoms with Gasteiger partial charge < -0.3 is 10.4 Å². The molecule has 2 N–H and O–H groups in total. The monoisotopic (exact) mass is 331 g/mol. The molecule has 1 heterocycles. The van der Waals surface area contributed by atoms with Crippen molar-refractivity contribution in [1.82, 2.24) is 5.32 Å². The number of aromatic hydroxyl groups is 1. The summed E-state index contributed by atoms with van der Waals surface area (Å²) in [5.74, 6) is 0.122. The first-order valence-electron chi connectivity index (χ1n) is 5.07. The molecule has 0 spiro atoms. The molecule has 17 heavy (non-hydrogen) atoms. The highest BCUT2D eigenvalue weighted by atomic mass is 79.9. The highest BCUT2D eigenvalue weighted by Crippen LogP contribution is 2.24. The Bertz CT molecular complexity index is 515. The fourth-order valence-corrected chi connectivity index (χ4v) is 3.10. The molecule has 0 radical (unpaired) electrons. The van der Waals surface area contributed by atoms with E-state index in [1.807, 2.05) is 12.1 Å². The SMILES string of the molecule is Oc1ccc(CNCc2sccc2Br)cc1Cl. The molecule has 1 aromatic carbocycles. The third-order valence-electron chi connectivity index (χ3n) is 2.32. The molecule has 0 saturated heterocycles. The van der Waals surface area contributed by atoms with Crippen LogP contribution in [-0.2, 0) is 13.1 Å². The van der Waals surface area contributed by atoms with Gasteiger partial charge in [-0.15, -0.1) is 11.3 Å². The van der Waals surface area contributed by atoms with Gasteiger partial charge in [0.05, 0.1) is 5.02 Å². The van der Waals surface area contributed by atoms with Gasteiger partial charge in [0.1, 0.15) is 5.75 Å². The van der Waals surface area contributed by atoms with Crippen molar-refractivity contribution in [1.29, 1.82) is 0 Å². The van der Waals surface area contributed by atoms with Crippen LogP contribution in [0.15, 0.2) is 34.1 Å². The van der Waals surface area contributed by atoms with Crippen LogP contribution in [0.1, 0.15) is 10.4 Å². The number of hydrogen-bond acceptors (Lipinski definition) is 3. The molecule has 0 aliphatic heterocycles. The summed E-state index contributed by atoms with van der Waals surface area (Å²) in [4.78, 5) is 1.27. The van der Waals surface area contributed by atoms with Crippen LogP contribution in [-0.4, -0.2) is 5.11 Å². The Balaban J connectivity index is 1.90. The number of benzene rings is 1. The fraction of sp³-hybridized carbons (Fsp3) is 0.167. The summed E-state index contributed by atoms with van der Waals surface area (Å²) >= 11 is 11.0. The van der Waals surface area contributed by atoms with Gasteiger partial charge in [0.25, 0.3) is 0 Å². The van der Waals surface area contributed by atoms with E-state index in [0.717, 1.165) is 23.1 Å². The van der Waals surface area contributed by atoms with Crippen molar-refractivity contribution >= 4 is 38.9 Å². The zero-order valence-corrected chi connectivity index (χ0v) is 12.1. The second-order valence-corrected chi connectivity index (χ2v) is 5.84. The molecule has 2 aromatic rings. The molecule has 0 aliphatic rings. The molecular weight excluding hydrogens is 322 g/mol. The van der Waals surface area contributed by atoms with Crippen molar-refractivity contribution in [2.75, 3.05) is 0 Å². The van der Waals surface area contributed by atoms with E-state index in [1.165, 1.54) is 4.88 Å². The van der Waals surface area contributed by atoms with Gasteiger partial charge in [-0.2, -0.15) is 0 Å². The first-order chi connectivity index (χ1) is 8.16. The molecule has 0 fully saturated rings. The summed E-state index contributed by atoms with van der Waals surface area (Å²) in [6.07, 6.45) is 0. The van der Waals surface area contributed by atoms with Crippen LogP contribution in [0.2, 0.25) is 5.02 Å². The average molecular weight is 333 g/mol. The van der Waals surface area contributed by atoms with E-state index in [9.17, 15) is 5.11 Å².